The van der Waals surface area contributed by atoms with Crippen molar-refractivity contribution in [3.63, 3.8) is 0 Å². The van der Waals surface area contributed by atoms with E-state index in [0.717, 1.165) is 5.56 Å². The number of aryl methyl sites for hydroxylation is 2. The second-order valence-corrected chi connectivity index (χ2v) is 6.80. The van der Waals surface area contributed by atoms with Gasteiger partial charge in [0.15, 0.2) is 0 Å². The first-order valence-corrected chi connectivity index (χ1v) is 9.52. The Morgan fingerprint density at radius 1 is 0.935 bits per heavy atom. The van der Waals surface area contributed by atoms with Gasteiger partial charge in [-0.05, 0) is 55.8 Å². The zero-order valence-corrected chi connectivity index (χ0v) is 17.4. The van der Waals surface area contributed by atoms with Gasteiger partial charge in [-0.15, -0.1) is 0 Å². The highest BCUT2D eigenvalue weighted by Crippen LogP contribution is 2.19. The molecule has 2 N–H and O–H groups in total. The molecular formula is C24H22N2O5. The quantitative estimate of drug-likeness (QED) is 0.451. The van der Waals surface area contributed by atoms with E-state index in [9.17, 15) is 14.4 Å². The van der Waals surface area contributed by atoms with Gasteiger partial charge < -0.3 is 19.8 Å². The van der Waals surface area contributed by atoms with Crippen molar-refractivity contribution >= 4 is 35.2 Å². The highest BCUT2D eigenvalue weighted by molar-refractivity contribution is 6.11. The molecule has 0 atom stereocenters. The smallest absolute Gasteiger partial charge is 0.341 e. The highest BCUT2D eigenvalue weighted by Gasteiger charge is 2.15. The Labute approximate surface area is 179 Å². The Kier molecular flexibility index (Phi) is 6.67. The molecule has 0 saturated carbocycles. The molecule has 3 rings (SSSR count). The summed E-state index contributed by atoms with van der Waals surface area (Å²) in [4.78, 5) is 36.7. The van der Waals surface area contributed by atoms with Gasteiger partial charge >= 0.3 is 5.97 Å². The summed E-state index contributed by atoms with van der Waals surface area (Å²) in [7, 11) is 1.28. The van der Waals surface area contributed by atoms with E-state index in [2.05, 4.69) is 15.4 Å². The molecule has 1 aromatic heterocycles. The number of carbonyl (C=O) groups excluding carboxylic acids is 3. The number of ether oxygens (including phenoxy) is 1. The van der Waals surface area contributed by atoms with Crippen molar-refractivity contribution in [2.75, 3.05) is 17.7 Å². The molecule has 31 heavy (non-hydrogen) atoms. The Morgan fingerprint density at radius 2 is 1.71 bits per heavy atom. The fourth-order valence-electron chi connectivity index (χ4n) is 2.94. The molecule has 0 saturated heterocycles. The average molecular weight is 418 g/mol. The summed E-state index contributed by atoms with van der Waals surface area (Å²) in [5.41, 5.74) is 2.68. The number of carbonyl (C=O) groups is 3. The third-order valence-electron chi connectivity index (χ3n) is 4.45. The number of para-hydroxylation sites is 1. The Bertz CT molecular complexity index is 1160. The van der Waals surface area contributed by atoms with Crippen LogP contribution in [0.3, 0.4) is 0 Å². The molecule has 2 aromatic carbocycles. The van der Waals surface area contributed by atoms with Gasteiger partial charge in [0.25, 0.3) is 5.91 Å². The van der Waals surface area contributed by atoms with Crippen LogP contribution in [0.1, 0.15) is 37.8 Å². The van der Waals surface area contributed by atoms with E-state index >= 15 is 0 Å². The zero-order valence-electron chi connectivity index (χ0n) is 17.4. The number of hydrogen-bond donors (Lipinski definition) is 2. The lowest BCUT2D eigenvalue weighted by atomic mass is 10.1. The summed E-state index contributed by atoms with van der Waals surface area (Å²) in [6.45, 7) is 3.57. The minimum absolute atomic E-state index is 0.292. The zero-order chi connectivity index (χ0) is 22.4. The fourth-order valence-corrected chi connectivity index (χ4v) is 2.94. The van der Waals surface area contributed by atoms with Crippen molar-refractivity contribution in [3.8, 4) is 0 Å². The predicted molar refractivity (Wildman–Crippen MR) is 118 cm³/mol. The average Bonchev–Trinajstić information content (AvgIpc) is 3.12. The number of furan rings is 1. The highest BCUT2D eigenvalue weighted by atomic mass is 16.5. The second-order valence-electron chi connectivity index (χ2n) is 6.80. The van der Waals surface area contributed by atoms with E-state index in [-0.39, 0.29) is 5.91 Å². The second kappa shape index (κ2) is 9.58. The predicted octanol–water partition coefficient (Wildman–Crippen LogP) is 4.59. The summed E-state index contributed by atoms with van der Waals surface area (Å²) in [5, 5.41) is 5.52. The number of amides is 2. The van der Waals surface area contributed by atoms with E-state index in [1.165, 1.54) is 25.3 Å². The van der Waals surface area contributed by atoms with Crippen LogP contribution < -0.4 is 10.6 Å². The third kappa shape index (κ3) is 5.48. The fraction of sp³-hybridized carbons (Fsp3) is 0.125. The first kappa shape index (κ1) is 21.6. The molecule has 0 unspecified atom stereocenters. The van der Waals surface area contributed by atoms with Crippen molar-refractivity contribution in [2.45, 2.75) is 13.8 Å². The van der Waals surface area contributed by atoms with Crippen LogP contribution in [-0.4, -0.2) is 24.9 Å². The van der Waals surface area contributed by atoms with Crippen LogP contribution in [0.25, 0.3) is 6.08 Å². The summed E-state index contributed by atoms with van der Waals surface area (Å²) >= 11 is 0. The van der Waals surface area contributed by atoms with Crippen LogP contribution in [0, 0.1) is 13.8 Å². The Balaban J connectivity index is 1.71. The maximum Gasteiger partial charge on any atom is 0.341 e. The first-order chi connectivity index (χ1) is 14.9. The summed E-state index contributed by atoms with van der Waals surface area (Å²) in [5.74, 6) is -0.582. The Hall–Kier alpha value is -4.13. The van der Waals surface area contributed by atoms with Gasteiger partial charge in [0.1, 0.15) is 17.1 Å². The molecular weight excluding hydrogens is 396 g/mol. The van der Waals surface area contributed by atoms with E-state index in [1.54, 1.807) is 37.3 Å². The van der Waals surface area contributed by atoms with Gasteiger partial charge in [-0.2, -0.15) is 0 Å². The van der Waals surface area contributed by atoms with Crippen molar-refractivity contribution < 1.29 is 23.5 Å². The standard InChI is InChI=1S/C24H22N2O5/c1-15-7-6-8-17(13-15)25-23(28)19-9-4-5-10-21(19)26-22(27)12-11-18-14-20(16(2)31-18)24(29)30-3/h4-14H,1-3H3,(H,25,28)(H,26,27)/b12-11+. The van der Waals surface area contributed by atoms with E-state index in [0.29, 0.717) is 34.0 Å². The van der Waals surface area contributed by atoms with Crippen LogP contribution in [0.2, 0.25) is 0 Å². The summed E-state index contributed by atoms with van der Waals surface area (Å²) in [6, 6.07) is 15.6. The van der Waals surface area contributed by atoms with Crippen LogP contribution >= 0.6 is 0 Å². The lowest BCUT2D eigenvalue weighted by molar-refractivity contribution is -0.111. The molecule has 0 bridgehead atoms. The topological polar surface area (TPSA) is 97.6 Å². The van der Waals surface area contributed by atoms with Crippen LogP contribution in [-0.2, 0) is 9.53 Å². The molecule has 0 radical (unpaired) electrons. The number of anilines is 2. The number of nitrogens with one attached hydrogen (secondary N) is 2. The minimum Gasteiger partial charge on any atom is -0.465 e. The maximum atomic E-state index is 12.7. The third-order valence-corrected chi connectivity index (χ3v) is 4.45. The van der Waals surface area contributed by atoms with Gasteiger partial charge in [-0.25, -0.2) is 4.79 Å². The molecule has 0 aliphatic carbocycles. The number of esters is 1. The SMILES string of the molecule is COC(=O)c1cc(/C=C/C(=O)Nc2ccccc2C(=O)Nc2cccc(C)c2)oc1C. The molecule has 7 heteroatoms. The number of rotatable bonds is 6. The lowest BCUT2D eigenvalue weighted by Gasteiger charge is -2.11. The number of methoxy groups -OCH3 is 1. The first-order valence-electron chi connectivity index (χ1n) is 9.52. The van der Waals surface area contributed by atoms with Crippen molar-refractivity contribution in [2.24, 2.45) is 0 Å². The largest absolute Gasteiger partial charge is 0.465 e. The summed E-state index contributed by atoms with van der Waals surface area (Å²) < 4.78 is 10.1. The normalized spacial score (nSPS) is 10.7. The lowest BCUT2D eigenvalue weighted by Crippen LogP contribution is -2.17. The maximum absolute atomic E-state index is 12.7. The van der Waals surface area contributed by atoms with Gasteiger partial charge in [0.05, 0.1) is 18.4 Å². The molecule has 0 aliphatic rings. The molecule has 0 spiro atoms. The van der Waals surface area contributed by atoms with E-state index in [4.69, 9.17) is 4.42 Å². The van der Waals surface area contributed by atoms with Gasteiger partial charge in [-0.3, -0.25) is 9.59 Å². The molecule has 3 aromatic rings. The molecule has 0 aliphatic heterocycles. The van der Waals surface area contributed by atoms with Crippen LogP contribution in [0.4, 0.5) is 11.4 Å². The molecule has 158 valence electrons. The monoisotopic (exact) mass is 418 g/mol. The number of benzene rings is 2. The minimum atomic E-state index is -0.515. The van der Waals surface area contributed by atoms with Crippen LogP contribution in [0.15, 0.2) is 65.1 Å². The molecule has 0 fully saturated rings. The number of hydrogen-bond acceptors (Lipinski definition) is 5. The Morgan fingerprint density at radius 3 is 2.45 bits per heavy atom. The van der Waals surface area contributed by atoms with Crippen molar-refractivity contribution in [1.82, 2.24) is 0 Å². The van der Waals surface area contributed by atoms with Crippen molar-refractivity contribution in [3.05, 3.63) is 88.9 Å². The summed E-state index contributed by atoms with van der Waals surface area (Å²) in [6.07, 6.45) is 2.69. The molecule has 2 amide bonds. The van der Waals surface area contributed by atoms with E-state index in [1.807, 2.05) is 25.1 Å². The van der Waals surface area contributed by atoms with Crippen LogP contribution in [0.5, 0.6) is 0 Å². The van der Waals surface area contributed by atoms with Crippen molar-refractivity contribution in [1.29, 1.82) is 0 Å². The van der Waals surface area contributed by atoms with Gasteiger partial charge in [0, 0.05) is 11.8 Å². The molecule has 7 nitrogen and oxygen atoms in total. The molecule has 1 heterocycles. The van der Waals surface area contributed by atoms with Gasteiger partial charge in [-0.1, -0.05) is 24.3 Å². The van der Waals surface area contributed by atoms with E-state index < -0.39 is 11.9 Å². The van der Waals surface area contributed by atoms with Gasteiger partial charge in [0.2, 0.25) is 5.91 Å².